The van der Waals surface area contributed by atoms with Gasteiger partial charge in [0.05, 0.1) is 7.11 Å². The maximum Gasteiger partial charge on any atom is 0.415 e. The van der Waals surface area contributed by atoms with Gasteiger partial charge in [0.2, 0.25) is 5.89 Å². The summed E-state index contributed by atoms with van der Waals surface area (Å²) in [7, 11) is 1.59. The number of carbonyl (C=O) groups is 1. The molecule has 180 valence electrons. The fraction of sp³-hybridized carbons (Fsp3) is 0.214. The van der Waals surface area contributed by atoms with E-state index in [-0.39, 0.29) is 0 Å². The molecular weight excluding hydrogens is 444 g/mol. The summed E-state index contributed by atoms with van der Waals surface area (Å²) in [5.74, 6) is 3.19. The third kappa shape index (κ3) is 6.20. The average Bonchev–Trinajstić information content (AvgIpc) is 3.28. The Hall–Kier alpha value is -4.26. The molecule has 1 amide bonds. The standard InChI is InChI=1S/C28H28N2O5/c1-4-30(28(31)35-25-16-14-23(32-3)15-17-25)18-21-10-12-24(13-11-21)33-19-26-20(2)34-27(29-26)22-8-6-5-7-9-22/h5-17H,4,18-19H2,1-3H3. The zero-order valence-electron chi connectivity index (χ0n) is 20.1. The topological polar surface area (TPSA) is 74.0 Å². The van der Waals surface area contributed by atoms with Gasteiger partial charge in [0.1, 0.15) is 35.3 Å². The first-order chi connectivity index (χ1) is 17.1. The molecule has 4 aromatic rings. The van der Waals surface area contributed by atoms with Gasteiger partial charge in [-0.3, -0.25) is 0 Å². The molecule has 0 saturated carbocycles. The fourth-order valence-corrected chi connectivity index (χ4v) is 3.44. The number of methoxy groups -OCH3 is 1. The molecule has 35 heavy (non-hydrogen) atoms. The van der Waals surface area contributed by atoms with Gasteiger partial charge in [-0.05, 0) is 67.9 Å². The summed E-state index contributed by atoms with van der Waals surface area (Å²) in [5, 5.41) is 0. The van der Waals surface area contributed by atoms with E-state index in [2.05, 4.69) is 4.98 Å². The van der Waals surface area contributed by atoms with Gasteiger partial charge in [-0.25, -0.2) is 9.78 Å². The lowest BCUT2D eigenvalue weighted by molar-refractivity contribution is 0.152. The highest BCUT2D eigenvalue weighted by molar-refractivity contribution is 5.70. The Labute approximate surface area is 204 Å². The predicted octanol–water partition coefficient (Wildman–Crippen LogP) is 6.26. The molecule has 0 aliphatic heterocycles. The monoisotopic (exact) mass is 472 g/mol. The molecule has 7 heteroatoms. The molecule has 4 rings (SSSR count). The zero-order valence-corrected chi connectivity index (χ0v) is 20.1. The second kappa shape index (κ2) is 11.2. The van der Waals surface area contributed by atoms with Crippen LogP contribution in [-0.4, -0.2) is 29.6 Å². The number of hydrogen-bond donors (Lipinski definition) is 0. The highest BCUT2D eigenvalue weighted by Crippen LogP contribution is 2.23. The van der Waals surface area contributed by atoms with Gasteiger partial charge in [0, 0.05) is 18.7 Å². The van der Waals surface area contributed by atoms with E-state index in [4.69, 9.17) is 18.6 Å². The average molecular weight is 473 g/mol. The molecule has 0 aliphatic rings. The van der Waals surface area contributed by atoms with Gasteiger partial charge in [0.25, 0.3) is 0 Å². The summed E-state index contributed by atoms with van der Waals surface area (Å²) in [6.45, 7) is 5.04. The Morgan fingerprint density at radius 2 is 1.57 bits per heavy atom. The smallest absolute Gasteiger partial charge is 0.415 e. The molecule has 0 aliphatic carbocycles. The van der Waals surface area contributed by atoms with Crippen LogP contribution in [0.2, 0.25) is 0 Å². The van der Waals surface area contributed by atoms with Crippen LogP contribution in [0.15, 0.2) is 83.3 Å². The Kier molecular flexibility index (Phi) is 7.67. The van der Waals surface area contributed by atoms with Crippen LogP contribution in [0.1, 0.15) is 23.9 Å². The van der Waals surface area contributed by atoms with Crippen molar-refractivity contribution >= 4 is 6.09 Å². The Balaban J connectivity index is 1.32. The highest BCUT2D eigenvalue weighted by atomic mass is 16.6. The summed E-state index contributed by atoms with van der Waals surface area (Å²) >= 11 is 0. The van der Waals surface area contributed by atoms with Crippen LogP contribution in [0.3, 0.4) is 0 Å². The van der Waals surface area contributed by atoms with E-state index in [1.165, 1.54) is 0 Å². The van der Waals surface area contributed by atoms with E-state index < -0.39 is 6.09 Å². The molecule has 1 heterocycles. The molecule has 7 nitrogen and oxygen atoms in total. The molecule has 0 radical (unpaired) electrons. The summed E-state index contributed by atoms with van der Waals surface area (Å²) in [4.78, 5) is 18.8. The highest BCUT2D eigenvalue weighted by Gasteiger charge is 2.15. The number of benzene rings is 3. The molecule has 0 unspecified atom stereocenters. The summed E-state index contributed by atoms with van der Waals surface area (Å²) in [5.41, 5.74) is 2.65. The minimum atomic E-state index is -0.409. The van der Waals surface area contributed by atoms with Gasteiger partial charge in [-0.2, -0.15) is 0 Å². The number of ether oxygens (including phenoxy) is 3. The minimum absolute atomic E-state index is 0.302. The van der Waals surface area contributed by atoms with E-state index >= 15 is 0 Å². The summed E-state index contributed by atoms with van der Waals surface area (Å²) < 4.78 is 22.3. The normalized spacial score (nSPS) is 10.6. The van der Waals surface area contributed by atoms with Gasteiger partial charge in [-0.15, -0.1) is 0 Å². The number of nitrogens with zero attached hydrogens (tertiary/aromatic N) is 2. The molecule has 0 spiro atoms. The molecule has 3 aromatic carbocycles. The van der Waals surface area contributed by atoms with Crippen molar-refractivity contribution in [1.82, 2.24) is 9.88 Å². The Morgan fingerprint density at radius 1 is 0.914 bits per heavy atom. The Morgan fingerprint density at radius 3 is 2.23 bits per heavy atom. The van der Waals surface area contributed by atoms with E-state index in [1.54, 1.807) is 36.3 Å². The number of aromatic nitrogens is 1. The van der Waals surface area contributed by atoms with Crippen LogP contribution in [0.4, 0.5) is 4.79 Å². The fourth-order valence-electron chi connectivity index (χ4n) is 3.44. The summed E-state index contributed by atoms with van der Waals surface area (Å²) in [6.07, 6.45) is -0.409. The number of oxazole rings is 1. The van der Waals surface area contributed by atoms with Gasteiger partial charge in [-0.1, -0.05) is 30.3 Å². The van der Waals surface area contributed by atoms with Crippen LogP contribution < -0.4 is 14.2 Å². The predicted molar refractivity (Wildman–Crippen MR) is 133 cm³/mol. The van der Waals surface area contributed by atoms with Gasteiger partial charge < -0.3 is 23.5 Å². The molecule has 0 saturated heterocycles. The van der Waals surface area contributed by atoms with E-state index in [9.17, 15) is 4.79 Å². The zero-order chi connectivity index (χ0) is 24.6. The first-order valence-electron chi connectivity index (χ1n) is 11.4. The second-order valence-electron chi connectivity index (χ2n) is 7.88. The van der Waals surface area contributed by atoms with Crippen LogP contribution in [0.5, 0.6) is 17.2 Å². The molecule has 0 atom stereocenters. The van der Waals surface area contributed by atoms with E-state index in [0.717, 1.165) is 22.6 Å². The molecule has 0 bridgehead atoms. The molecule has 1 aromatic heterocycles. The van der Waals surface area contributed by atoms with Crippen LogP contribution in [0, 0.1) is 6.92 Å². The number of rotatable bonds is 9. The van der Waals surface area contributed by atoms with Crippen molar-refractivity contribution in [2.45, 2.75) is 27.0 Å². The maximum atomic E-state index is 12.6. The third-order valence-electron chi connectivity index (χ3n) is 5.49. The summed E-state index contributed by atoms with van der Waals surface area (Å²) in [6, 6.07) is 24.3. The number of hydrogen-bond acceptors (Lipinski definition) is 6. The third-order valence-corrected chi connectivity index (χ3v) is 5.49. The first-order valence-corrected chi connectivity index (χ1v) is 11.4. The van der Waals surface area contributed by atoms with Crippen molar-refractivity contribution in [2.75, 3.05) is 13.7 Å². The second-order valence-corrected chi connectivity index (χ2v) is 7.88. The SMILES string of the molecule is CCN(Cc1ccc(OCc2nc(-c3ccccc3)oc2C)cc1)C(=O)Oc1ccc(OC)cc1. The Bertz CT molecular complexity index is 1230. The maximum absolute atomic E-state index is 12.6. The van der Waals surface area contributed by atoms with Crippen molar-refractivity contribution in [2.24, 2.45) is 0 Å². The van der Waals surface area contributed by atoms with Crippen molar-refractivity contribution in [3.8, 4) is 28.7 Å². The van der Waals surface area contributed by atoms with Gasteiger partial charge >= 0.3 is 6.09 Å². The molecule has 0 fully saturated rings. The largest absolute Gasteiger partial charge is 0.497 e. The minimum Gasteiger partial charge on any atom is -0.497 e. The number of amides is 1. The molecule has 0 N–H and O–H groups in total. The van der Waals surface area contributed by atoms with Crippen molar-refractivity contribution in [1.29, 1.82) is 0 Å². The lowest BCUT2D eigenvalue weighted by atomic mass is 10.2. The van der Waals surface area contributed by atoms with Crippen molar-refractivity contribution in [3.05, 3.63) is 95.9 Å². The lowest BCUT2D eigenvalue weighted by Crippen LogP contribution is -2.32. The van der Waals surface area contributed by atoms with Crippen molar-refractivity contribution in [3.63, 3.8) is 0 Å². The van der Waals surface area contributed by atoms with Crippen LogP contribution in [-0.2, 0) is 13.2 Å². The molecular formula is C28H28N2O5. The number of carbonyl (C=O) groups excluding carboxylic acids is 1. The van der Waals surface area contributed by atoms with E-state index in [1.807, 2.05) is 68.4 Å². The quantitative estimate of drug-likeness (QED) is 0.286. The van der Waals surface area contributed by atoms with Crippen LogP contribution >= 0.6 is 0 Å². The van der Waals surface area contributed by atoms with E-state index in [0.29, 0.717) is 42.8 Å². The van der Waals surface area contributed by atoms with Crippen molar-refractivity contribution < 1.29 is 23.4 Å². The van der Waals surface area contributed by atoms with Gasteiger partial charge in [0.15, 0.2) is 0 Å². The number of aryl methyl sites for hydroxylation is 1. The van der Waals surface area contributed by atoms with Crippen LogP contribution in [0.25, 0.3) is 11.5 Å². The lowest BCUT2D eigenvalue weighted by Gasteiger charge is -2.20. The first kappa shape index (κ1) is 23.9.